The Morgan fingerprint density at radius 1 is 0.614 bits per heavy atom. The van der Waals surface area contributed by atoms with Crippen LogP contribution in [0.2, 0.25) is 0 Å². The van der Waals surface area contributed by atoms with Crippen LogP contribution in [-0.4, -0.2) is 43.9 Å². The third-order valence-electron chi connectivity index (χ3n) is 6.11. The van der Waals surface area contributed by atoms with Crippen LogP contribution in [0.25, 0.3) is 0 Å². The molecule has 0 saturated heterocycles. The summed E-state index contributed by atoms with van der Waals surface area (Å²) in [5.74, 6) is -2.13. The quantitative estimate of drug-likeness (QED) is 0.204. The molecule has 0 unspecified atom stereocenters. The van der Waals surface area contributed by atoms with Crippen LogP contribution in [0.1, 0.15) is 81.5 Å². The number of aryl methyl sites for hydroxylation is 2. The number of aliphatic carboxylic acids is 2. The van der Waals surface area contributed by atoms with Crippen LogP contribution in [0.5, 0.6) is 0 Å². The minimum absolute atomic E-state index is 0.0948. The van der Waals surface area contributed by atoms with Crippen molar-refractivity contribution < 1.29 is 29.4 Å². The van der Waals surface area contributed by atoms with E-state index >= 15 is 0 Å². The lowest BCUT2D eigenvalue weighted by Crippen LogP contribution is -2.10. The van der Waals surface area contributed by atoms with Gasteiger partial charge in [0, 0.05) is 35.9 Å². The Kier molecular flexibility index (Phi) is 16.4. The second kappa shape index (κ2) is 19.7. The van der Waals surface area contributed by atoms with Gasteiger partial charge < -0.3 is 21.7 Å². The molecule has 44 heavy (non-hydrogen) atoms. The molecule has 0 fully saturated rings. The SMILES string of the molecule is Cc1cccc([C@@H](C)CC(=O)O)c1.Cc1cccc([C@@H](C)CC(=O)O)c1.NC(=O)c1ccncc1.NC(=O)c1ccncc1. The van der Waals surface area contributed by atoms with Gasteiger partial charge in [-0.05, 0) is 61.1 Å². The van der Waals surface area contributed by atoms with Gasteiger partial charge in [0.1, 0.15) is 0 Å². The normalized spacial score (nSPS) is 11.0. The molecule has 10 heteroatoms. The van der Waals surface area contributed by atoms with Crippen molar-refractivity contribution in [2.45, 2.75) is 52.4 Å². The van der Waals surface area contributed by atoms with E-state index in [1.54, 1.807) is 24.3 Å². The monoisotopic (exact) mass is 600 g/mol. The van der Waals surface area contributed by atoms with E-state index in [0.717, 1.165) is 11.1 Å². The topological polar surface area (TPSA) is 187 Å². The molecule has 2 heterocycles. The van der Waals surface area contributed by atoms with Crippen molar-refractivity contribution in [3.63, 3.8) is 0 Å². The van der Waals surface area contributed by atoms with Gasteiger partial charge in [-0.2, -0.15) is 0 Å². The summed E-state index contributed by atoms with van der Waals surface area (Å²) in [6.45, 7) is 7.89. The van der Waals surface area contributed by atoms with Gasteiger partial charge in [-0.1, -0.05) is 73.5 Å². The number of nitrogens with two attached hydrogens (primary N) is 2. The second-order valence-corrected chi connectivity index (χ2v) is 10.0. The highest BCUT2D eigenvalue weighted by molar-refractivity contribution is 5.92. The lowest BCUT2D eigenvalue weighted by atomic mass is 9.97. The number of nitrogens with zero attached hydrogens (tertiary/aromatic N) is 2. The predicted octanol–water partition coefficient (Wildman–Crippen LogP) is 5.51. The van der Waals surface area contributed by atoms with Crippen LogP contribution in [0.3, 0.4) is 0 Å². The van der Waals surface area contributed by atoms with E-state index in [4.69, 9.17) is 21.7 Å². The molecule has 232 valence electrons. The Labute approximate surface area is 257 Å². The molecule has 10 nitrogen and oxygen atoms in total. The largest absolute Gasteiger partial charge is 0.481 e. The fourth-order valence-electron chi connectivity index (χ4n) is 3.75. The number of rotatable bonds is 8. The zero-order chi connectivity index (χ0) is 33.1. The Bertz CT molecular complexity index is 1370. The number of aromatic nitrogens is 2. The number of hydrogen-bond donors (Lipinski definition) is 4. The molecular formula is C34H40N4O6. The molecule has 4 rings (SSSR count). The van der Waals surface area contributed by atoms with Crippen LogP contribution in [0.4, 0.5) is 0 Å². The summed E-state index contributed by atoms with van der Waals surface area (Å²) >= 11 is 0. The van der Waals surface area contributed by atoms with Gasteiger partial charge in [-0.3, -0.25) is 29.1 Å². The average molecular weight is 601 g/mol. The standard InChI is InChI=1S/2C11H14O2.2C6H6N2O/c2*1-8-4-3-5-10(6-8)9(2)7-11(12)13;2*7-6(9)5-1-3-8-4-2-5/h2*3-6,9H,7H2,1-2H3,(H,12,13);2*1-4H,(H2,7,9)/t2*9-;;/m00../s1. The molecule has 4 aromatic rings. The van der Waals surface area contributed by atoms with Crippen molar-refractivity contribution in [1.29, 1.82) is 0 Å². The Morgan fingerprint density at radius 2 is 0.932 bits per heavy atom. The molecule has 6 N–H and O–H groups in total. The molecule has 0 radical (unpaired) electrons. The molecule has 0 aliphatic carbocycles. The van der Waals surface area contributed by atoms with E-state index in [1.165, 1.54) is 35.9 Å². The number of carbonyl (C=O) groups excluding carboxylic acids is 2. The maximum absolute atomic E-state index is 10.5. The van der Waals surface area contributed by atoms with E-state index in [1.807, 2.05) is 76.2 Å². The summed E-state index contributed by atoms with van der Waals surface area (Å²) in [6, 6.07) is 22.2. The first-order chi connectivity index (χ1) is 20.8. The lowest BCUT2D eigenvalue weighted by Gasteiger charge is -2.09. The number of amides is 2. The van der Waals surface area contributed by atoms with Crippen LogP contribution >= 0.6 is 0 Å². The highest BCUT2D eigenvalue weighted by Crippen LogP contribution is 2.20. The Hall–Kier alpha value is -5.38. The van der Waals surface area contributed by atoms with Crippen molar-refractivity contribution in [3.8, 4) is 0 Å². The number of pyridine rings is 2. The molecule has 0 spiro atoms. The highest BCUT2D eigenvalue weighted by atomic mass is 16.4. The minimum atomic E-state index is -0.742. The van der Waals surface area contributed by atoms with Gasteiger partial charge >= 0.3 is 11.9 Å². The van der Waals surface area contributed by atoms with Gasteiger partial charge in [0.15, 0.2) is 0 Å². The van der Waals surface area contributed by atoms with E-state index < -0.39 is 23.8 Å². The highest BCUT2D eigenvalue weighted by Gasteiger charge is 2.10. The number of hydrogen-bond acceptors (Lipinski definition) is 6. The number of carbonyl (C=O) groups is 4. The first-order valence-electron chi connectivity index (χ1n) is 13.8. The molecular weight excluding hydrogens is 560 g/mol. The van der Waals surface area contributed by atoms with Gasteiger partial charge in [0.2, 0.25) is 11.8 Å². The summed E-state index contributed by atoms with van der Waals surface area (Å²) in [5, 5.41) is 17.2. The summed E-state index contributed by atoms with van der Waals surface area (Å²) in [7, 11) is 0. The molecule has 2 amide bonds. The molecule has 2 aromatic heterocycles. The summed E-state index contributed by atoms with van der Waals surface area (Å²) in [6.07, 6.45) is 6.51. The zero-order valence-corrected chi connectivity index (χ0v) is 25.4. The van der Waals surface area contributed by atoms with Crippen molar-refractivity contribution in [3.05, 3.63) is 131 Å². The average Bonchev–Trinajstić information content (AvgIpc) is 2.98. The number of primary amides is 2. The Morgan fingerprint density at radius 3 is 1.16 bits per heavy atom. The van der Waals surface area contributed by atoms with Crippen LogP contribution < -0.4 is 11.5 Å². The fourth-order valence-corrected chi connectivity index (χ4v) is 3.75. The van der Waals surface area contributed by atoms with E-state index in [2.05, 4.69) is 9.97 Å². The fraction of sp³-hybridized carbons (Fsp3) is 0.235. The first-order valence-corrected chi connectivity index (χ1v) is 13.8. The smallest absolute Gasteiger partial charge is 0.303 e. The van der Waals surface area contributed by atoms with Crippen LogP contribution in [0.15, 0.2) is 97.6 Å². The maximum atomic E-state index is 10.5. The molecule has 0 aliphatic rings. The molecule has 0 saturated carbocycles. The van der Waals surface area contributed by atoms with E-state index in [0.29, 0.717) is 11.1 Å². The van der Waals surface area contributed by atoms with Crippen molar-refractivity contribution in [1.82, 2.24) is 9.97 Å². The summed E-state index contributed by atoms with van der Waals surface area (Å²) < 4.78 is 0. The number of carboxylic acids is 2. The molecule has 2 atom stereocenters. The van der Waals surface area contributed by atoms with E-state index in [9.17, 15) is 19.2 Å². The van der Waals surface area contributed by atoms with Crippen molar-refractivity contribution in [2.24, 2.45) is 11.5 Å². The van der Waals surface area contributed by atoms with Gasteiger partial charge in [0.05, 0.1) is 12.8 Å². The van der Waals surface area contributed by atoms with Crippen molar-refractivity contribution >= 4 is 23.8 Å². The molecule has 0 aliphatic heterocycles. The van der Waals surface area contributed by atoms with Gasteiger partial charge in [0.25, 0.3) is 0 Å². The zero-order valence-electron chi connectivity index (χ0n) is 25.4. The number of benzene rings is 2. The van der Waals surface area contributed by atoms with Gasteiger partial charge in [-0.15, -0.1) is 0 Å². The lowest BCUT2D eigenvalue weighted by molar-refractivity contribution is -0.138. The summed E-state index contributed by atoms with van der Waals surface area (Å²) in [5.41, 5.74) is 15.4. The third-order valence-corrected chi connectivity index (χ3v) is 6.11. The maximum Gasteiger partial charge on any atom is 0.303 e. The Balaban J connectivity index is 0.000000298. The van der Waals surface area contributed by atoms with Crippen molar-refractivity contribution in [2.75, 3.05) is 0 Å². The van der Waals surface area contributed by atoms with E-state index in [-0.39, 0.29) is 24.7 Å². The molecule has 2 aromatic carbocycles. The molecule has 0 bridgehead atoms. The van der Waals surface area contributed by atoms with Crippen LogP contribution in [-0.2, 0) is 9.59 Å². The summed E-state index contributed by atoms with van der Waals surface area (Å²) in [4.78, 5) is 49.2. The second-order valence-electron chi connectivity index (χ2n) is 10.0. The predicted molar refractivity (Wildman–Crippen MR) is 169 cm³/mol. The first kappa shape index (κ1) is 36.6. The minimum Gasteiger partial charge on any atom is -0.481 e. The third kappa shape index (κ3) is 15.6. The van der Waals surface area contributed by atoms with Gasteiger partial charge in [-0.25, -0.2) is 0 Å². The van der Waals surface area contributed by atoms with Crippen LogP contribution in [0, 0.1) is 13.8 Å². The number of carboxylic acid groups (broad SMARTS) is 2.